The highest BCUT2D eigenvalue weighted by molar-refractivity contribution is 6.31. The molecule has 1 atom stereocenters. The predicted octanol–water partition coefficient (Wildman–Crippen LogP) is 3.30. The average molecular weight is 335 g/mol. The molecule has 23 heavy (non-hydrogen) atoms. The van der Waals surface area contributed by atoms with E-state index in [-0.39, 0.29) is 12.0 Å². The molecule has 1 aromatic carbocycles. The number of aliphatic hydroxyl groups excluding tert-OH is 1. The van der Waals surface area contributed by atoms with Gasteiger partial charge in [0.25, 0.3) is 0 Å². The first-order chi connectivity index (χ1) is 11.0. The number of fused-ring (bicyclic) bond motifs is 1. The second kappa shape index (κ2) is 6.93. The van der Waals surface area contributed by atoms with E-state index in [4.69, 9.17) is 11.6 Å². The zero-order valence-corrected chi connectivity index (χ0v) is 14.2. The van der Waals surface area contributed by atoms with Crippen LogP contribution in [-0.2, 0) is 11.3 Å². The van der Waals surface area contributed by atoms with Crippen molar-refractivity contribution >= 4 is 28.4 Å². The number of piperidine rings is 1. The average Bonchev–Trinajstić information content (AvgIpc) is 2.94. The topological polar surface area (TPSA) is 45.5 Å². The summed E-state index contributed by atoms with van der Waals surface area (Å²) in [6.07, 6.45) is 4.04. The Morgan fingerprint density at radius 1 is 1.35 bits per heavy atom. The molecule has 0 saturated carbocycles. The number of carbonyl (C=O) groups is 1. The molecule has 1 amide bonds. The minimum absolute atomic E-state index is 0.199. The van der Waals surface area contributed by atoms with Crippen LogP contribution >= 0.6 is 11.6 Å². The van der Waals surface area contributed by atoms with Crippen LogP contribution in [0.4, 0.5) is 0 Å². The number of halogens is 1. The van der Waals surface area contributed by atoms with Crippen molar-refractivity contribution in [1.82, 2.24) is 9.47 Å². The summed E-state index contributed by atoms with van der Waals surface area (Å²) in [6, 6.07) is 7.84. The van der Waals surface area contributed by atoms with Gasteiger partial charge in [-0.3, -0.25) is 4.79 Å². The Bertz CT molecular complexity index is 687. The summed E-state index contributed by atoms with van der Waals surface area (Å²) in [5.41, 5.74) is 1.11. The van der Waals surface area contributed by atoms with Crippen LogP contribution in [0.2, 0.25) is 5.02 Å². The van der Waals surface area contributed by atoms with Crippen LogP contribution in [0.3, 0.4) is 0 Å². The first kappa shape index (κ1) is 16.3. The predicted molar refractivity (Wildman–Crippen MR) is 92.5 cm³/mol. The van der Waals surface area contributed by atoms with E-state index >= 15 is 0 Å². The molecule has 124 valence electrons. The molecule has 0 radical (unpaired) electrons. The zero-order valence-electron chi connectivity index (χ0n) is 13.4. The van der Waals surface area contributed by atoms with E-state index in [1.54, 1.807) is 0 Å². The Kier molecular flexibility index (Phi) is 4.93. The van der Waals surface area contributed by atoms with Crippen LogP contribution in [0.1, 0.15) is 26.2 Å². The first-order valence-corrected chi connectivity index (χ1v) is 8.62. The summed E-state index contributed by atoms with van der Waals surface area (Å²) in [5.74, 6) is 0.530. The number of aliphatic hydroxyl groups is 1. The standard InChI is InChI=1S/C18H23ClN2O2/c1-13(22)14-4-9-21(10-5-14)18(23)7-11-20-8-6-15-12-16(19)2-3-17(15)20/h2-3,6,8,12-14,22H,4-5,7,9-11H2,1H3. The molecule has 4 nitrogen and oxygen atoms in total. The number of rotatable bonds is 4. The van der Waals surface area contributed by atoms with Gasteiger partial charge in [0.15, 0.2) is 0 Å². The van der Waals surface area contributed by atoms with Gasteiger partial charge in [-0.05, 0) is 49.9 Å². The molecule has 0 aliphatic carbocycles. The molecule has 1 saturated heterocycles. The third-order valence-electron chi connectivity index (χ3n) is 4.87. The maximum absolute atomic E-state index is 12.4. The molecule has 5 heteroatoms. The molecule has 1 unspecified atom stereocenters. The van der Waals surface area contributed by atoms with Gasteiger partial charge in [-0.25, -0.2) is 0 Å². The Morgan fingerprint density at radius 3 is 2.78 bits per heavy atom. The van der Waals surface area contributed by atoms with Crippen molar-refractivity contribution in [3.05, 3.63) is 35.5 Å². The lowest BCUT2D eigenvalue weighted by atomic mass is 9.92. The molecule has 1 aliphatic heterocycles. The maximum Gasteiger partial charge on any atom is 0.224 e. The Morgan fingerprint density at radius 2 is 2.09 bits per heavy atom. The van der Waals surface area contributed by atoms with E-state index in [1.807, 2.05) is 42.3 Å². The van der Waals surface area contributed by atoms with Gasteiger partial charge in [-0.15, -0.1) is 0 Å². The van der Waals surface area contributed by atoms with Crippen molar-refractivity contribution in [1.29, 1.82) is 0 Å². The molecule has 1 fully saturated rings. The number of hydrogen-bond donors (Lipinski definition) is 1. The van der Waals surface area contributed by atoms with Gasteiger partial charge < -0.3 is 14.6 Å². The number of benzene rings is 1. The zero-order chi connectivity index (χ0) is 16.4. The highest BCUT2D eigenvalue weighted by Crippen LogP contribution is 2.22. The Hall–Kier alpha value is -1.52. The van der Waals surface area contributed by atoms with Gasteiger partial charge in [-0.2, -0.15) is 0 Å². The Balaban J connectivity index is 1.56. The summed E-state index contributed by atoms with van der Waals surface area (Å²) in [5, 5.41) is 11.5. The molecule has 0 spiro atoms. The Labute approximate surface area is 141 Å². The summed E-state index contributed by atoms with van der Waals surface area (Å²) < 4.78 is 2.10. The normalized spacial score (nSPS) is 17.6. The fourth-order valence-electron chi connectivity index (χ4n) is 3.37. The minimum Gasteiger partial charge on any atom is -0.393 e. The minimum atomic E-state index is -0.273. The van der Waals surface area contributed by atoms with Crippen molar-refractivity contribution in [2.75, 3.05) is 13.1 Å². The molecule has 1 aliphatic rings. The van der Waals surface area contributed by atoms with Crippen LogP contribution in [0, 0.1) is 5.92 Å². The smallest absolute Gasteiger partial charge is 0.224 e. The van der Waals surface area contributed by atoms with Crippen LogP contribution in [-0.4, -0.2) is 39.7 Å². The molecular weight excluding hydrogens is 312 g/mol. The van der Waals surface area contributed by atoms with Gasteiger partial charge in [0.05, 0.1) is 6.10 Å². The molecule has 3 rings (SSSR count). The van der Waals surface area contributed by atoms with Gasteiger partial charge in [0, 0.05) is 48.2 Å². The van der Waals surface area contributed by atoms with Gasteiger partial charge in [-0.1, -0.05) is 11.6 Å². The van der Waals surface area contributed by atoms with Gasteiger partial charge >= 0.3 is 0 Å². The van der Waals surface area contributed by atoms with E-state index in [1.165, 1.54) is 0 Å². The maximum atomic E-state index is 12.4. The van der Waals surface area contributed by atoms with Gasteiger partial charge in [0.2, 0.25) is 5.91 Å². The van der Waals surface area contributed by atoms with Gasteiger partial charge in [0.1, 0.15) is 0 Å². The lowest BCUT2D eigenvalue weighted by Gasteiger charge is -2.33. The quantitative estimate of drug-likeness (QED) is 0.932. The number of hydrogen-bond acceptors (Lipinski definition) is 2. The summed E-state index contributed by atoms with van der Waals surface area (Å²) in [7, 11) is 0. The highest BCUT2D eigenvalue weighted by Gasteiger charge is 2.25. The third kappa shape index (κ3) is 3.70. The fourth-order valence-corrected chi connectivity index (χ4v) is 3.55. The molecular formula is C18H23ClN2O2. The number of nitrogens with zero attached hydrogens (tertiary/aromatic N) is 2. The number of likely N-dealkylation sites (tertiary alicyclic amines) is 1. The first-order valence-electron chi connectivity index (χ1n) is 8.25. The summed E-state index contributed by atoms with van der Waals surface area (Å²) in [6.45, 7) is 4.04. The summed E-state index contributed by atoms with van der Waals surface area (Å²) >= 11 is 6.00. The number of aromatic nitrogens is 1. The molecule has 1 N–H and O–H groups in total. The number of carbonyl (C=O) groups excluding carboxylic acids is 1. The van der Waals surface area contributed by atoms with Crippen LogP contribution in [0.15, 0.2) is 30.5 Å². The lowest BCUT2D eigenvalue weighted by molar-refractivity contribution is -0.133. The fraction of sp³-hybridized carbons (Fsp3) is 0.500. The third-order valence-corrected chi connectivity index (χ3v) is 5.11. The van der Waals surface area contributed by atoms with Crippen molar-refractivity contribution in [3.63, 3.8) is 0 Å². The van der Waals surface area contributed by atoms with Crippen molar-refractivity contribution in [2.45, 2.75) is 38.8 Å². The van der Waals surface area contributed by atoms with E-state index < -0.39 is 0 Å². The van der Waals surface area contributed by atoms with E-state index in [0.29, 0.717) is 18.9 Å². The largest absolute Gasteiger partial charge is 0.393 e. The molecule has 1 aromatic heterocycles. The van der Waals surface area contributed by atoms with Crippen LogP contribution in [0.25, 0.3) is 10.9 Å². The monoisotopic (exact) mass is 334 g/mol. The SMILES string of the molecule is CC(O)C1CCN(C(=O)CCn2ccc3cc(Cl)ccc32)CC1. The van der Waals surface area contributed by atoms with E-state index in [0.717, 1.165) is 41.9 Å². The number of amides is 1. The van der Waals surface area contributed by atoms with Crippen LogP contribution in [0.5, 0.6) is 0 Å². The van der Waals surface area contributed by atoms with E-state index in [2.05, 4.69) is 4.57 Å². The molecule has 2 aromatic rings. The van der Waals surface area contributed by atoms with E-state index in [9.17, 15) is 9.90 Å². The summed E-state index contributed by atoms with van der Waals surface area (Å²) in [4.78, 5) is 14.3. The highest BCUT2D eigenvalue weighted by atomic mass is 35.5. The van der Waals surface area contributed by atoms with Crippen molar-refractivity contribution in [3.8, 4) is 0 Å². The second-order valence-corrected chi connectivity index (χ2v) is 6.86. The molecule has 2 heterocycles. The van der Waals surface area contributed by atoms with Crippen molar-refractivity contribution in [2.24, 2.45) is 5.92 Å². The number of aryl methyl sites for hydroxylation is 1. The molecule has 0 bridgehead atoms. The van der Waals surface area contributed by atoms with Crippen molar-refractivity contribution < 1.29 is 9.90 Å². The lowest BCUT2D eigenvalue weighted by Crippen LogP contribution is -2.41. The second-order valence-electron chi connectivity index (χ2n) is 6.42. The van der Waals surface area contributed by atoms with Crippen LogP contribution < -0.4 is 0 Å².